The van der Waals surface area contributed by atoms with Crippen molar-refractivity contribution in [2.24, 2.45) is 0 Å². The third-order valence-electron chi connectivity index (χ3n) is 5.92. The third-order valence-corrected chi connectivity index (χ3v) is 5.92. The van der Waals surface area contributed by atoms with E-state index in [0.717, 1.165) is 22.5 Å². The van der Waals surface area contributed by atoms with Gasteiger partial charge in [0.2, 0.25) is 0 Å². The minimum atomic E-state index is -0.120. The van der Waals surface area contributed by atoms with Crippen LogP contribution in [-0.4, -0.2) is 27.2 Å². The topological polar surface area (TPSA) is 62.7 Å². The zero-order valence-corrected chi connectivity index (χ0v) is 17.8. The van der Waals surface area contributed by atoms with Gasteiger partial charge in [-0.1, -0.05) is 66.7 Å². The molecular weight excluding hydrogens is 396 g/mol. The molecule has 32 heavy (non-hydrogen) atoms. The molecule has 3 aromatic carbocycles. The smallest absolute Gasteiger partial charge is 0.254 e. The summed E-state index contributed by atoms with van der Waals surface area (Å²) >= 11 is 0. The highest BCUT2D eigenvalue weighted by atomic mass is 16.1. The number of nitrogens with one attached hydrogen (secondary N) is 2. The van der Waals surface area contributed by atoms with E-state index >= 15 is 0 Å². The first kappa shape index (κ1) is 19.8. The number of amides is 1. The van der Waals surface area contributed by atoms with Crippen LogP contribution in [0.15, 0.2) is 97.3 Å². The Bertz CT molecular complexity index is 1350. The number of hydrogen-bond donors (Lipinski definition) is 2. The fraction of sp³-hybridized carbons (Fsp3) is 0.111. The first-order valence-electron chi connectivity index (χ1n) is 10.7. The fourth-order valence-corrected chi connectivity index (χ4v) is 4.23. The maximum Gasteiger partial charge on any atom is 0.254 e. The minimum absolute atomic E-state index is 0.0285. The zero-order chi connectivity index (χ0) is 21.9. The van der Waals surface area contributed by atoms with Crippen molar-refractivity contribution in [2.75, 3.05) is 6.54 Å². The number of nitrogens with zero attached hydrogens (tertiary/aromatic N) is 2. The Morgan fingerprint density at radius 1 is 0.969 bits per heavy atom. The van der Waals surface area contributed by atoms with Gasteiger partial charge in [-0.15, -0.1) is 0 Å². The van der Waals surface area contributed by atoms with Crippen molar-refractivity contribution in [2.45, 2.75) is 12.8 Å². The van der Waals surface area contributed by atoms with E-state index in [9.17, 15) is 4.79 Å². The molecule has 0 bridgehead atoms. The molecular formula is C27H24N4O. The monoisotopic (exact) mass is 420 g/mol. The third kappa shape index (κ3) is 3.69. The standard InChI is InChI=1S/C27H24N4O/c1-19-23(18-30-31(19)21-12-6-3-7-13-21)27(32)29-16-24(20-10-4-2-5-11-20)25-17-28-26-15-9-8-14-22(25)26/h2-15,17-18,24,28H,16H2,1H3,(H,29,32). The molecule has 2 heterocycles. The van der Waals surface area contributed by atoms with Crippen LogP contribution in [0.1, 0.15) is 33.1 Å². The van der Waals surface area contributed by atoms with Gasteiger partial charge in [-0.3, -0.25) is 4.79 Å². The molecule has 0 fully saturated rings. The highest BCUT2D eigenvalue weighted by molar-refractivity contribution is 5.95. The number of H-pyrrole nitrogens is 1. The summed E-state index contributed by atoms with van der Waals surface area (Å²) in [6.07, 6.45) is 3.69. The molecule has 0 aliphatic carbocycles. The van der Waals surface area contributed by atoms with Crippen molar-refractivity contribution in [1.29, 1.82) is 0 Å². The lowest BCUT2D eigenvalue weighted by molar-refractivity contribution is 0.0952. The van der Waals surface area contributed by atoms with E-state index in [1.54, 1.807) is 10.9 Å². The fourth-order valence-electron chi connectivity index (χ4n) is 4.23. The second-order valence-electron chi connectivity index (χ2n) is 7.85. The number of carbonyl (C=O) groups is 1. The Balaban J connectivity index is 1.42. The highest BCUT2D eigenvalue weighted by Gasteiger charge is 2.21. The SMILES string of the molecule is Cc1c(C(=O)NCC(c2ccccc2)c2c[nH]c3ccccc23)cnn1-c1ccccc1. The van der Waals surface area contributed by atoms with Crippen molar-refractivity contribution in [3.63, 3.8) is 0 Å². The zero-order valence-electron chi connectivity index (χ0n) is 17.8. The van der Waals surface area contributed by atoms with E-state index in [1.807, 2.05) is 73.8 Å². The predicted octanol–water partition coefficient (Wildman–Crippen LogP) is 5.22. The number of para-hydroxylation sites is 2. The summed E-state index contributed by atoms with van der Waals surface area (Å²) in [5.41, 5.74) is 5.76. The molecule has 5 heteroatoms. The summed E-state index contributed by atoms with van der Waals surface area (Å²) in [5.74, 6) is -0.0915. The number of hydrogen-bond acceptors (Lipinski definition) is 2. The van der Waals surface area contributed by atoms with Crippen LogP contribution in [0.5, 0.6) is 0 Å². The van der Waals surface area contributed by atoms with Crippen LogP contribution in [0.2, 0.25) is 0 Å². The van der Waals surface area contributed by atoms with Crippen molar-refractivity contribution >= 4 is 16.8 Å². The molecule has 0 radical (unpaired) electrons. The van der Waals surface area contributed by atoms with Gasteiger partial charge in [-0.05, 0) is 36.2 Å². The quantitative estimate of drug-likeness (QED) is 0.395. The van der Waals surface area contributed by atoms with Crippen LogP contribution in [0.25, 0.3) is 16.6 Å². The molecule has 0 saturated carbocycles. The summed E-state index contributed by atoms with van der Waals surface area (Å²) in [4.78, 5) is 16.5. The summed E-state index contributed by atoms with van der Waals surface area (Å²) in [5, 5.41) is 8.75. The molecule has 0 aliphatic rings. The van der Waals surface area contributed by atoms with Crippen molar-refractivity contribution in [3.05, 3.63) is 120 Å². The summed E-state index contributed by atoms with van der Waals surface area (Å²) in [7, 11) is 0. The van der Waals surface area contributed by atoms with Crippen LogP contribution >= 0.6 is 0 Å². The summed E-state index contributed by atoms with van der Waals surface area (Å²) < 4.78 is 1.79. The molecule has 1 atom stereocenters. The Morgan fingerprint density at radius 3 is 2.44 bits per heavy atom. The van der Waals surface area contributed by atoms with Crippen LogP contribution in [0, 0.1) is 6.92 Å². The second kappa shape index (κ2) is 8.55. The molecule has 1 amide bonds. The van der Waals surface area contributed by atoms with Crippen LogP contribution in [0.4, 0.5) is 0 Å². The molecule has 0 aliphatic heterocycles. The second-order valence-corrected chi connectivity index (χ2v) is 7.85. The van der Waals surface area contributed by atoms with Gasteiger partial charge in [0.15, 0.2) is 0 Å². The van der Waals surface area contributed by atoms with Gasteiger partial charge in [0.25, 0.3) is 5.91 Å². The maximum atomic E-state index is 13.1. The predicted molar refractivity (Wildman–Crippen MR) is 127 cm³/mol. The first-order valence-corrected chi connectivity index (χ1v) is 10.7. The van der Waals surface area contributed by atoms with Gasteiger partial charge in [0.1, 0.15) is 0 Å². The molecule has 5 nitrogen and oxygen atoms in total. The van der Waals surface area contributed by atoms with Gasteiger partial charge in [0, 0.05) is 29.6 Å². The lowest BCUT2D eigenvalue weighted by atomic mass is 9.91. The molecule has 0 spiro atoms. The molecule has 5 rings (SSSR count). The van der Waals surface area contributed by atoms with E-state index in [-0.39, 0.29) is 11.8 Å². The molecule has 2 aromatic heterocycles. The van der Waals surface area contributed by atoms with E-state index < -0.39 is 0 Å². The average molecular weight is 421 g/mol. The van der Waals surface area contributed by atoms with Gasteiger partial charge < -0.3 is 10.3 Å². The van der Waals surface area contributed by atoms with E-state index in [0.29, 0.717) is 12.1 Å². The number of rotatable bonds is 6. The van der Waals surface area contributed by atoms with Crippen LogP contribution in [-0.2, 0) is 0 Å². The van der Waals surface area contributed by atoms with Crippen LogP contribution in [0.3, 0.4) is 0 Å². The maximum absolute atomic E-state index is 13.1. The molecule has 2 N–H and O–H groups in total. The van der Waals surface area contributed by atoms with Crippen molar-refractivity contribution in [3.8, 4) is 5.69 Å². The number of aromatic nitrogens is 3. The molecule has 5 aromatic rings. The number of aromatic amines is 1. The highest BCUT2D eigenvalue weighted by Crippen LogP contribution is 2.30. The Hall–Kier alpha value is -4.12. The minimum Gasteiger partial charge on any atom is -0.361 e. The van der Waals surface area contributed by atoms with Crippen molar-refractivity contribution < 1.29 is 4.79 Å². The number of fused-ring (bicyclic) bond motifs is 1. The lowest BCUT2D eigenvalue weighted by Crippen LogP contribution is -2.29. The van der Waals surface area contributed by atoms with Crippen LogP contribution < -0.4 is 5.32 Å². The summed E-state index contributed by atoms with van der Waals surface area (Å²) in [6.45, 7) is 2.41. The Labute approximate surface area is 186 Å². The molecule has 158 valence electrons. The Morgan fingerprint density at radius 2 is 1.66 bits per heavy atom. The first-order chi connectivity index (χ1) is 15.7. The van der Waals surface area contributed by atoms with Gasteiger partial charge in [-0.25, -0.2) is 4.68 Å². The van der Waals surface area contributed by atoms with Crippen molar-refractivity contribution in [1.82, 2.24) is 20.1 Å². The average Bonchev–Trinajstić information content (AvgIpc) is 3.44. The number of carbonyl (C=O) groups excluding carboxylic acids is 1. The van der Waals surface area contributed by atoms with E-state index in [4.69, 9.17) is 0 Å². The van der Waals surface area contributed by atoms with Gasteiger partial charge in [0.05, 0.1) is 23.1 Å². The molecule has 1 unspecified atom stereocenters. The lowest BCUT2D eigenvalue weighted by Gasteiger charge is -2.18. The largest absolute Gasteiger partial charge is 0.361 e. The normalized spacial score (nSPS) is 12.0. The van der Waals surface area contributed by atoms with E-state index in [2.05, 4.69) is 39.7 Å². The van der Waals surface area contributed by atoms with E-state index in [1.165, 1.54) is 10.9 Å². The Kier molecular flexibility index (Phi) is 5.30. The number of benzene rings is 3. The van der Waals surface area contributed by atoms with Gasteiger partial charge in [-0.2, -0.15) is 5.10 Å². The molecule has 0 saturated heterocycles. The van der Waals surface area contributed by atoms with Gasteiger partial charge >= 0.3 is 0 Å². The summed E-state index contributed by atoms with van der Waals surface area (Å²) in [6, 6.07) is 28.4.